The summed E-state index contributed by atoms with van der Waals surface area (Å²) < 4.78 is 3.66. The number of nitrogens with zero attached hydrogens (tertiary/aromatic N) is 6. The van der Waals surface area contributed by atoms with E-state index in [4.69, 9.17) is 0 Å². The number of tetrazole rings is 1. The monoisotopic (exact) mass is 297 g/mol. The van der Waals surface area contributed by atoms with Crippen molar-refractivity contribution in [2.24, 2.45) is 0 Å². The number of rotatable bonds is 4. The highest BCUT2D eigenvalue weighted by Crippen LogP contribution is 2.35. The lowest BCUT2D eigenvalue weighted by atomic mass is 10.2. The van der Waals surface area contributed by atoms with Gasteiger partial charge < -0.3 is 9.72 Å². The van der Waals surface area contributed by atoms with Crippen molar-refractivity contribution in [1.82, 2.24) is 34.9 Å². The van der Waals surface area contributed by atoms with Crippen LogP contribution >= 0.6 is 0 Å². The molecule has 1 saturated carbocycles. The minimum atomic E-state index is -0.251. The van der Waals surface area contributed by atoms with E-state index in [1.54, 1.807) is 18.3 Å². The molecule has 0 aromatic carbocycles. The second-order valence-corrected chi connectivity index (χ2v) is 5.52. The zero-order valence-electron chi connectivity index (χ0n) is 12.0. The second kappa shape index (κ2) is 4.90. The third kappa shape index (κ3) is 2.22. The van der Waals surface area contributed by atoms with E-state index < -0.39 is 0 Å². The van der Waals surface area contributed by atoms with Crippen LogP contribution in [0.1, 0.15) is 48.0 Å². The van der Waals surface area contributed by atoms with Gasteiger partial charge in [-0.2, -0.15) is 0 Å². The molecule has 0 spiro atoms. The van der Waals surface area contributed by atoms with E-state index in [1.807, 2.05) is 28.4 Å². The van der Waals surface area contributed by atoms with E-state index in [0.717, 1.165) is 18.5 Å². The van der Waals surface area contributed by atoms with Crippen molar-refractivity contribution in [2.75, 3.05) is 0 Å². The zero-order valence-corrected chi connectivity index (χ0v) is 12.0. The van der Waals surface area contributed by atoms with Gasteiger partial charge in [-0.05, 0) is 42.3 Å². The number of carbonyl (C=O) groups excluding carboxylic acids is 1. The molecule has 112 valence electrons. The fraction of sp³-hybridized carbons (Fsp3) is 0.357. The molecule has 0 aliphatic heterocycles. The predicted octanol–water partition coefficient (Wildman–Crippen LogP) is 1.15. The first-order chi connectivity index (χ1) is 10.7. The van der Waals surface area contributed by atoms with Gasteiger partial charge in [0.1, 0.15) is 5.65 Å². The number of hydrogen-bond donors (Lipinski definition) is 1. The number of carbonyl (C=O) groups is 1. The fourth-order valence-electron chi connectivity index (χ4n) is 2.46. The first-order valence-corrected chi connectivity index (χ1v) is 7.24. The molecule has 4 rings (SSSR count). The second-order valence-electron chi connectivity index (χ2n) is 5.52. The Labute approximate surface area is 126 Å². The fourth-order valence-corrected chi connectivity index (χ4v) is 2.46. The number of aromatic nitrogens is 6. The molecule has 0 bridgehead atoms. The van der Waals surface area contributed by atoms with Gasteiger partial charge in [-0.15, -0.1) is 5.10 Å². The van der Waals surface area contributed by atoms with Gasteiger partial charge in [-0.25, -0.2) is 9.67 Å². The van der Waals surface area contributed by atoms with Crippen LogP contribution in [0.25, 0.3) is 5.65 Å². The maximum Gasteiger partial charge on any atom is 0.252 e. The Bertz CT molecular complexity index is 832. The van der Waals surface area contributed by atoms with Crippen LogP contribution in [0.4, 0.5) is 0 Å². The van der Waals surface area contributed by atoms with Crippen LogP contribution in [0.5, 0.6) is 0 Å². The van der Waals surface area contributed by atoms with Crippen molar-refractivity contribution < 1.29 is 4.79 Å². The summed E-state index contributed by atoms with van der Waals surface area (Å²) >= 11 is 0. The number of nitrogens with one attached hydrogen (secondary N) is 1. The van der Waals surface area contributed by atoms with Gasteiger partial charge in [0.15, 0.2) is 5.82 Å². The van der Waals surface area contributed by atoms with Crippen LogP contribution in [0.2, 0.25) is 0 Å². The first kappa shape index (κ1) is 12.9. The molecule has 0 saturated heterocycles. The molecule has 8 nitrogen and oxygen atoms in total. The van der Waals surface area contributed by atoms with Crippen molar-refractivity contribution in [3.63, 3.8) is 0 Å². The highest BCUT2D eigenvalue weighted by atomic mass is 16.1. The summed E-state index contributed by atoms with van der Waals surface area (Å²) in [4.78, 5) is 16.6. The van der Waals surface area contributed by atoms with E-state index in [2.05, 4.69) is 25.8 Å². The molecule has 8 heteroatoms. The third-order valence-corrected chi connectivity index (χ3v) is 3.81. The van der Waals surface area contributed by atoms with Gasteiger partial charge in [0.25, 0.3) is 5.91 Å². The lowest BCUT2D eigenvalue weighted by molar-refractivity contribution is 0.0937. The molecule has 0 radical (unpaired) electrons. The minimum Gasteiger partial charge on any atom is -0.342 e. The van der Waals surface area contributed by atoms with E-state index in [-0.39, 0.29) is 11.9 Å². The molecule has 1 atom stereocenters. The van der Waals surface area contributed by atoms with Gasteiger partial charge in [0.2, 0.25) is 0 Å². The van der Waals surface area contributed by atoms with Crippen molar-refractivity contribution >= 4 is 11.6 Å². The quantitative estimate of drug-likeness (QED) is 0.780. The number of amides is 1. The van der Waals surface area contributed by atoms with E-state index in [0.29, 0.717) is 17.4 Å². The number of hydrogen-bond acceptors (Lipinski definition) is 5. The molecule has 1 aliphatic rings. The Morgan fingerprint density at radius 3 is 3.09 bits per heavy atom. The Morgan fingerprint density at radius 2 is 2.27 bits per heavy atom. The summed E-state index contributed by atoms with van der Waals surface area (Å²) in [5.74, 6) is 0.529. The normalized spacial score (nSPS) is 15.9. The Hall–Kier alpha value is -2.77. The smallest absolute Gasteiger partial charge is 0.252 e. The zero-order chi connectivity index (χ0) is 15.1. The summed E-state index contributed by atoms with van der Waals surface area (Å²) in [6.45, 7) is 1.89. The molecule has 3 aromatic heterocycles. The SMILES string of the molecule is C[C@@H](NC(=O)c1ccn2ccnc2c1)c1nnnn1C1CC1. The van der Waals surface area contributed by atoms with Crippen LogP contribution in [0, 0.1) is 0 Å². The minimum absolute atomic E-state index is 0.164. The van der Waals surface area contributed by atoms with E-state index in [9.17, 15) is 4.79 Å². The predicted molar refractivity (Wildman–Crippen MR) is 77.2 cm³/mol. The maximum absolute atomic E-state index is 12.4. The molecule has 3 aromatic rings. The summed E-state index contributed by atoms with van der Waals surface area (Å²) in [7, 11) is 0. The van der Waals surface area contributed by atoms with Crippen molar-refractivity contribution in [3.05, 3.63) is 42.1 Å². The van der Waals surface area contributed by atoms with Crippen LogP contribution < -0.4 is 5.32 Å². The number of fused-ring (bicyclic) bond motifs is 1. The van der Waals surface area contributed by atoms with Crippen LogP contribution in [-0.4, -0.2) is 35.5 Å². The Balaban J connectivity index is 1.54. The largest absolute Gasteiger partial charge is 0.342 e. The maximum atomic E-state index is 12.4. The molecule has 0 unspecified atom stereocenters. The van der Waals surface area contributed by atoms with Gasteiger partial charge in [-0.1, -0.05) is 0 Å². The van der Waals surface area contributed by atoms with Crippen molar-refractivity contribution in [2.45, 2.75) is 31.8 Å². The molecule has 1 N–H and O–H groups in total. The van der Waals surface area contributed by atoms with Gasteiger partial charge in [0, 0.05) is 24.2 Å². The van der Waals surface area contributed by atoms with Crippen LogP contribution in [0.3, 0.4) is 0 Å². The van der Waals surface area contributed by atoms with Gasteiger partial charge in [-0.3, -0.25) is 4.79 Å². The Morgan fingerprint density at radius 1 is 1.41 bits per heavy atom. The molecule has 1 amide bonds. The standard InChI is InChI=1S/C14H15N7O/c1-9(13-17-18-19-21(13)11-2-3-11)16-14(22)10-4-6-20-7-5-15-12(20)8-10/h4-9,11H,2-3H2,1H3,(H,16,22)/t9-/m1/s1. The average molecular weight is 297 g/mol. The molecule has 1 aliphatic carbocycles. The topological polar surface area (TPSA) is 90.0 Å². The third-order valence-electron chi connectivity index (χ3n) is 3.81. The number of imidazole rings is 1. The number of pyridine rings is 1. The average Bonchev–Trinajstić information content (AvgIpc) is 3.07. The highest BCUT2D eigenvalue weighted by Gasteiger charge is 2.30. The molecule has 3 heterocycles. The molecular formula is C14H15N7O. The summed E-state index contributed by atoms with van der Waals surface area (Å²) in [5.41, 5.74) is 1.30. The summed E-state index contributed by atoms with van der Waals surface area (Å²) in [6, 6.07) is 3.65. The van der Waals surface area contributed by atoms with Crippen molar-refractivity contribution in [3.8, 4) is 0 Å². The lowest BCUT2D eigenvalue weighted by Gasteiger charge is -2.13. The van der Waals surface area contributed by atoms with Crippen molar-refractivity contribution in [1.29, 1.82) is 0 Å². The van der Waals surface area contributed by atoms with Gasteiger partial charge in [0.05, 0.1) is 12.1 Å². The van der Waals surface area contributed by atoms with E-state index in [1.165, 1.54) is 0 Å². The Kier molecular flexibility index (Phi) is 2.88. The molecular weight excluding hydrogens is 282 g/mol. The van der Waals surface area contributed by atoms with Crippen LogP contribution in [0.15, 0.2) is 30.7 Å². The van der Waals surface area contributed by atoms with Gasteiger partial charge >= 0.3 is 0 Å². The first-order valence-electron chi connectivity index (χ1n) is 7.24. The van der Waals surface area contributed by atoms with Crippen LogP contribution in [-0.2, 0) is 0 Å². The summed E-state index contributed by atoms with van der Waals surface area (Å²) in [5, 5.41) is 14.7. The molecule has 22 heavy (non-hydrogen) atoms. The lowest BCUT2D eigenvalue weighted by Crippen LogP contribution is -2.29. The molecule has 1 fully saturated rings. The highest BCUT2D eigenvalue weighted by molar-refractivity contribution is 5.95. The van der Waals surface area contributed by atoms with E-state index >= 15 is 0 Å². The summed E-state index contributed by atoms with van der Waals surface area (Å²) in [6.07, 6.45) is 7.54.